The average Bonchev–Trinajstić information content (AvgIpc) is 2.46. The molecule has 0 aliphatic carbocycles. The van der Waals surface area contributed by atoms with E-state index >= 15 is 0 Å². The number of rotatable bonds is 5. The van der Waals surface area contributed by atoms with Crippen LogP contribution in [0.3, 0.4) is 0 Å². The summed E-state index contributed by atoms with van der Waals surface area (Å²) in [5.74, 6) is 0. The third-order valence-corrected chi connectivity index (χ3v) is 4.87. The van der Waals surface area contributed by atoms with Gasteiger partial charge in [-0.15, -0.1) is 0 Å². The lowest BCUT2D eigenvalue weighted by Crippen LogP contribution is -2.60. The smallest absolute Gasteiger partial charge is 0.258 e. The topological polar surface area (TPSA) is 69.7 Å². The van der Waals surface area contributed by atoms with Crippen LogP contribution in [0.5, 0.6) is 0 Å². The van der Waals surface area contributed by atoms with Crippen LogP contribution in [-0.2, 0) is 10.0 Å². The third-order valence-electron chi connectivity index (χ3n) is 3.51. The van der Waals surface area contributed by atoms with E-state index in [2.05, 4.69) is 5.43 Å². The van der Waals surface area contributed by atoms with Gasteiger partial charge in [-0.25, -0.2) is 22.9 Å². The lowest BCUT2D eigenvalue weighted by Gasteiger charge is -2.39. The molecule has 0 radical (unpaired) electrons. The zero-order chi connectivity index (χ0) is 16.3. The Balaban J connectivity index is 2.27. The molecule has 22 heavy (non-hydrogen) atoms. The fraction of sp³-hybridized carbons (Fsp3) is 0.500. The molecule has 1 saturated heterocycles. The molecule has 1 heterocycles. The summed E-state index contributed by atoms with van der Waals surface area (Å²) in [7, 11) is -3.61. The largest absolute Gasteiger partial charge is 0.348 e. The molecule has 0 saturated carbocycles. The Bertz CT molecular complexity index is 633. The highest BCUT2D eigenvalue weighted by atomic mass is 35.5. The average molecular weight is 346 g/mol. The lowest BCUT2D eigenvalue weighted by atomic mass is 10.1. The summed E-state index contributed by atoms with van der Waals surface area (Å²) in [6.45, 7) is 2.55. The Morgan fingerprint density at radius 3 is 2.50 bits per heavy atom. The molecule has 1 aliphatic rings. The number of nitrogens with one attached hydrogen (secondary N) is 1. The van der Waals surface area contributed by atoms with Crippen molar-refractivity contribution in [3.05, 3.63) is 34.9 Å². The van der Waals surface area contributed by atoms with Crippen molar-refractivity contribution in [3.63, 3.8) is 0 Å². The molecule has 6 nitrogen and oxygen atoms in total. The maximum absolute atomic E-state index is 12.3. The molecule has 1 aliphatic heterocycles. The van der Waals surface area contributed by atoms with Crippen molar-refractivity contribution in [1.29, 1.82) is 0 Å². The van der Waals surface area contributed by atoms with Crippen LogP contribution in [0.25, 0.3) is 0 Å². The Morgan fingerprint density at radius 1 is 1.32 bits per heavy atom. The normalized spacial score (nSPS) is 19.6. The first-order chi connectivity index (χ1) is 10.3. The summed E-state index contributed by atoms with van der Waals surface area (Å²) >= 11 is 5.88. The number of sulfonamides is 1. The molecule has 2 amide bonds. The number of unbranched alkanes of at least 4 members (excludes halogenated alkanes) is 1. The first-order valence-electron chi connectivity index (χ1n) is 7.13. The van der Waals surface area contributed by atoms with Crippen LogP contribution in [0.2, 0.25) is 5.02 Å². The van der Waals surface area contributed by atoms with Gasteiger partial charge in [0.2, 0.25) is 10.0 Å². The molecule has 8 heteroatoms. The van der Waals surface area contributed by atoms with Crippen molar-refractivity contribution in [2.45, 2.75) is 25.8 Å². The zero-order valence-corrected chi connectivity index (χ0v) is 14.2. The summed E-state index contributed by atoms with van der Waals surface area (Å²) in [4.78, 5) is 12.3. The van der Waals surface area contributed by atoms with Crippen molar-refractivity contribution >= 4 is 27.7 Å². The first-order valence-corrected chi connectivity index (χ1v) is 9.36. The molecular formula is C14H20ClN3O3S. The summed E-state index contributed by atoms with van der Waals surface area (Å²) < 4.78 is 24.7. The molecule has 1 atom stereocenters. The molecule has 1 unspecified atom stereocenters. The minimum atomic E-state index is -3.61. The molecule has 122 valence electrons. The molecule has 2 rings (SSSR count). The van der Waals surface area contributed by atoms with Crippen molar-refractivity contribution in [2.24, 2.45) is 0 Å². The molecule has 1 N–H and O–H groups in total. The molecule has 1 aromatic carbocycles. The Hall–Kier alpha value is -1.31. The highest BCUT2D eigenvalue weighted by Gasteiger charge is 2.36. The number of carbonyl (C=O) groups excluding carboxylic acids is 1. The fourth-order valence-corrected chi connectivity index (χ4v) is 3.22. The van der Waals surface area contributed by atoms with E-state index < -0.39 is 16.1 Å². The SMILES string of the molecule is CCCCN1NC(c2ccc(Cl)cc2)CN(S(C)(=O)=O)C1=O. The van der Waals surface area contributed by atoms with Crippen LogP contribution in [0.4, 0.5) is 4.79 Å². The quantitative estimate of drug-likeness (QED) is 0.889. The Kier molecular flexibility index (Phi) is 5.31. The number of hydrogen-bond acceptors (Lipinski definition) is 4. The highest BCUT2D eigenvalue weighted by Crippen LogP contribution is 2.23. The van der Waals surface area contributed by atoms with Gasteiger partial charge in [0.1, 0.15) is 0 Å². The van der Waals surface area contributed by atoms with Gasteiger partial charge in [0, 0.05) is 11.6 Å². The van der Waals surface area contributed by atoms with E-state index in [0.29, 0.717) is 11.6 Å². The Labute approximate surface area is 136 Å². The third kappa shape index (κ3) is 3.91. The number of benzene rings is 1. The number of hydrazine groups is 1. The van der Waals surface area contributed by atoms with Gasteiger partial charge in [0.05, 0.1) is 18.8 Å². The molecule has 1 fully saturated rings. The maximum Gasteiger partial charge on any atom is 0.348 e. The van der Waals surface area contributed by atoms with Crippen molar-refractivity contribution in [1.82, 2.24) is 14.7 Å². The minimum Gasteiger partial charge on any atom is -0.258 e. The molecule has 0 bridgehead atoms. The van der Waals surface area contributed by atoms with Crippen molar-refractivity contribution in [2.75, 3.05) is 19.3 Å². The van der Waals surface area contributed by atoms with Gasteiger partial charge < -0.3 is 0 Å². The van der Waals surface area contributed by atoms with Crippen molar-refractivity contribution < 1.29 is 13.2 Å². The van der Waals surface area contributed by atoms with Gasteiger partial charge in [-0.2, -0.15) is 0 Å². The summed E-state index contributed by atoms with van der Waals surface area (Å²) in [6.07, 6.45) is 2.76. The lowest BCUT2D eigenvalue weighted by molar-refractivity contribution is 0.104. The number of nitrogens with zero attached hydrogens (tertiary/aromatic N) is 2. The van der Waals surface area contributed by atoms with Crippen LogP contribution in [0.15, 0.2) is 24.3 Å². The summed E-state index contributed by atoms with van der Waals surface area (Å²) in [5, 5.41) is 1.99. The van der Waals surface area contributed by atoms with Gasteiger partial charge in [-0.1, -0.05) is 37.1 Å². The number of hydrogen-bond donors (Lipinski definition) is 1. The summed E-state index contributed by atoms with van der Waals surface area (Å²) in [5.41, 5.74) is 3.99. The van der Waals surface area contributed by atoms with Crippen molar-refractivity contribution in [3.8, 4) is 0 Å². The van der Waals surface area contributed by atoms with Crippen LogP contribution in [0, 0.1) is 0 Å². The van der Waals surface area contributed by atoms with E-state index in [1.54, 1.807) is 12.1 Å². The maximum atomic E-state index is 12.3. The van der Waals surface area contributed by atoms with E-state index in [-0.39, 0.29) is 12.6 Å². The number of amides is 2. The number of halogens is 1. The second-order valence-corrected chi connectivity index (χ2v) is 7.66. The number of urea groups is 1. The van der Waals surface area contributed by atoms with E-state index in [0.717, 1.165) is 29.0 Å². The standard InChI is InChI=1S/C14H20ClN3O3S/c1-3-4-9-17-14(19)18(22(2,20)21)10-13(16-17)11-5-7-12(15)8-6-11/h5-8,13,16H,3-4,9-10H2,1-2H3. The van der Waals surface area contributed by atoms with E-state index in [9.17, 15) is 13.2 Å². The predicted molar refractivity (Wildman–Crippen MR) is 85.9 cm³/mol. The van der Waals surface area contributed by atoms with Crippen LogP contribution >= 0.6 is 11.6 Å². The molecule has 0 aromatic heterocycles. The molecule has 0 spiro atoms. The second kappa shape index (κ2) is 6.85. The second-order valence-electron chi connectivity index (χ2n) is 5.32. The van der Waals surface area contributed by atoms with E-state index in [1.165, 1.54) is 5.01 Å². The van der Waals surface area contributed by atoms with Gasteiger partial charge in [0.15, 0.2) is 0 Å². The Morgan fingerprint density at radius 2 is 1.95 bits per heavy atom. The van der Waals surface area contributed by atoms with E-state index in [4.69, 9.17) is 11.6 Å². The molecular weight excluding hydrogens is 326 g/mol. The highest BCUT2D eigenvalue weighted by molar-refractivity contribution is 7.88. The van der Waals surface area contributed by atoms with Gasteiger partial charge in [-0.3, -0.25) is 5.01 Å². The fourth-order valence-electron chi connectivity index (χ4n) is 2.29. The van der Waals surface area contributed by atoms with Gasteiger partial charge >= 0.3 is 6.03 Å². The zero-order valence-electron chi connectivity index (χ0n) is 12.6. The predicted octanol–water partition coefficient (Wildman–Crippen LogP) is 2.38. The minimum absolute atomic E-state index is 0.0714. The van der Waals surface area contributed by atoms with Gasteiger partial charge in [0.25, 0.3) is 0 Å². The van der Waals surface area contributed by atoms with Crippen LogP contribution < -0.4 is 5.43 Å². The van der Waals surface area contributed by atoms with Gasteiger partial charge in [-0.05, 0) is 24.1 Å². The first kappa shape index (κ1) is 17.1. The summed E-state index contributed by atoms with van der Waals surface area (Å²) in [6, 6.07) is 6.33. The molecule has 1 aromatic rings. The monoisotopic (exact) mass is 345 g/mol. The van der Waals surface area contributed by atoms with Crippen LogP contribution in [0.1, 0.15) is 31.4 Å². The number of carbonyl (C=O) groups is 1. The van der Waals surface area contributed by atoms with Crippen LogP contribution in [-0.4, -0.2) is 43.1 Å². The van der Waals surface area contributed by atoms with E-state index in [1.807, 2.05) is 19.1 Å².